The number of nitrogens with zero attached hydrogens (tertiary/aromatic N) is 4. The van der Waals surface area contributed by atoms with E-state index in [1.54, 1.807) is 11.6 Å². The van der Waals surface area contributed by atoms with Crippen LogP contribution in [0, 0.1) is 10.1 Å². The summed E-state index contributed by atoms with van der Waals surface area (Å²) in [6.45, 7) is 0. The summed E-state index contributed by atoms with van der Waals surface area (Å²) in [6, 6.07) is 1.23. The number of anilines is 2. The zero-order chi connectivity index (χ0) is 10.7. The van der Waals surface area contributed by atoms with E-state index < -0.39 is 4.92 Å². The quantitative estimate of drug-likeness (QED) is 0.627. The lowest BCUT2D eigenvalue weighted by Gasteiger charge is -1.95. The van der Waals surface area contributed by atoms with Gasteiger partial charge in [0.1, 0.15) is 0 Å². The lowest BCUT2D eigenvalue weighted by Crippen LogP contribution is -1.99. The average molecular weight is 223 g/mol. The Morgan fingerprint density at radius 3 is 2.93 bits per heavy atom. The van der Waals surface area contributed by atoms with Crippen LogP contribution < -0.4 is 5.32 Å². The molecule has 0 amide bonds. The molecule has 0 saturated heterocycles. The molecule has 8 heteroatoms. The third kappa shape index (κ3) is 2.23. The predicted molar refractivity (Wildman–Crippen MR) is 54.1 cm³/mol. The first-order valence-corrected chi connectivity index (χ1v) is 4.77. The van der Waals surface area contributed by atoms with Crippen LogP contribution in [0.4, 0.5) is 16.9 Å². The first-order valence-electron chi connectivity index (χ1n) is 3.89. The van der Waals surface area contributed by atoms with Crippen LogP contribution in [0.15, 0.2) is 23.8 Å². The van der Waals surface area contributed by atoms with E-state index in [4.69, 9.17) is 0 Å². The maximum absolute atomic E-state index is 10.4. The van der Waals surface area contributed by atoms with Crippen LogP contribution in [0.2, 0.25) is 0 Å². The summed E-state index contributed by atoms with van der Waals surface area (Å²) >= 11 is 1.36. The summed E-state index contributed by atoms with van der Waals surface area (Å²) < 4.78 is 0. The highest BCUT2D eigenvalue weighted by Gasteiger charge is 2.11. The molecule has 1 N–H and O–H groups in total. The van der Waals surface area contributed by atoms with Crippen LogP contribution in [0.25, 0.3) is 0 Å². The molecule has 2 heterocycles. The van der Waals surface area contributed by atoms with Gasteiger partial charge in [0.15, 0.2) is 5.13 Å². The highest BCUT2D eigenvalue weighted by Crippen LogP contribution is 2.16. The largest absolute Gasteiger partial charge is 0.369 e. The van der Waals surface area contributed by atoms with Crippen molar-refractivity contribution in [1.82, 2.24) is 15.0 Å². The molecule has 0 saturated carbocycles. The fourth-order valence-electron chi connectivity index (χ4n) is 0.892. The van der Waals surface area contributed by atoms with Crippen molar-refractivity contribution in [3.8, 4) is 0 Å². The first kappa shape index (κ1) is 9.46. The van der Waals surface area contributed by atoms with Crippen LogP contribution in [0.5, 0.6) is 0 Å². The molecule has 2 aromatic heterocycles. The Morgan fingerprint density at radius 1 is 1.40 bits per heavy atom. The van der Waals surface area contributed by atoms with Crippen molar-refractivity contribution in [2.45, 2.75) is 0 Å². The molecule has 0 radical (unpaired) electrons. The number of hydrogen-bond donors (Lipinski definition) is 1. The fourth-order valence-corrected chi connectivity index (χ4v) is 1.41. The smallest absolute Gasteiger partial charge is 0.358 e. The Hall–Kier alpha value is -2.09. The van der Waals surface area contributed by atoms with Crippen LogP contribution in [-0.4, -0.2) is 19.9 Å². The Bertz CT molecular complexity index is 472. The number of hydrogen-bond acceptors (Lipinski definition) is 7. The van der Waals surface area contributed by atoms with Crippen molar-refractivity contribution in [2.24, 2.45) is 0 Å². The Balaban J connectivity index is 2.22. The van der Waals surface area contributed by atoms with E-state index in [0.29, 0.717) is 5.13 Å². The number of thiazole rings is 1. The maximum atomic E-state index is 10.4. The van der Waals surface area contributed by atoms with Crippen molar-refractivity contribution in [2.75, 3.05) is 5.32 Å². The first-order chi connectivity index (χ1) is 7.25. The Morgan fingerprint density at radius 2 is 2.27 bits per heavy atom. The van der Waals surface area contributed by atoms with Gasteiger partial charge in [-0.3, -0.25) is 5.32 Å². The van der Waals surface area contributed by atoms with Gasteiger partial charge < -0.3 is 10.1 Å². The van der Waals surface area contributed by atoms with Crippen LogP contribution in [0.1, 0.15) is 0 Å². The summed E-state index contributed by atoms with van der Waals surface area (Å²) in [4.78, 5) is 21.3. The van der Waals surface area contributed by atoms with Crippen molar-refractivity contribution >= 4 is 28.2 Å². The van der Waals surface area contributed by atoms with Gasteiger partial charge in [0.2, 0.25) is 0 Å². The zero-order valence-electron chi connectivity index (χ0n) is 7.32. The minimum absolute atomic E-state index is 0.166. The number of nitrogens with one attached hydrogen (secondary N) is 1. The van der Waals surface area contributed by atoms with Gasteiger partial charge in [-0.15, -0.1) is 11.3 Å². The molecule has 0 aromatic carbocycles. The highest BCUT2D eigenvalue weighted by atomic mass is 32.1. The molecule has 0 bridgehead atoms. The summed E-state index contributed by atoms with van der Waals surface area (Å²) in [7, 11) is 0. The van der Waals surface area contributed by atoms with Gasteiger partial charge >= 0.3 is 11.8 Å². The van der Waals surface area contributed by atoms with Crippen molar-refractivity contribution in [3.63, 3.8) is 0 Å². The molecule has 0 aliphatic heterocycles. The van der Waals surface area contributed by atoms with E-state index in [9.17, 15) is 10.1 Å². The van der Waals surface area contributed by atoms with Crippen LogP contribution >= 0.6 is 11.3 Å². The SMILES string of the molecule is O=[N+]([O-])c1ccnc(Nc2nccs2)n1. The minimum Gasteiger partial charge on any atom is -0.358 e. The van der Waals surface area contributed by atoms with Gasteiger partial charge in [-0.2, -0.15) is 4.98 Å². The third-order valence-electron chi connectivity index (χ3n) is 1.48. The van der Waals surface area contributed by atoms with Crippen molar-refractivity contribution in [1.29, 1.82) is 0 Å². The van der Waals surface area contributed by atoms with E-state index in [-0.39, 0.29) is 11.8 Å². The normalized spacial score (nSPS) is 9.87. The lowest BCUT2D eigenvalue weighted by atomic mass is 10.6. The molecule has 7 nitrogen and oxygen atoms in total. The van der Waals surface area contributed by atoms with E-state index in [1.807, 2.05) is 0 Å². The topological polar surface area (TPSA) is 93.8 Å². The van der Waals surface area contributed by atoms with Gasteiger partial charge in [0.25, 0.3) is 0 Å². The fraction of sp³-hybridized carbons (Fsp3) is 0. The third-order valence-corrected chi connectivity index (χ3v) is 2.17. The molecule has 2 aromatic rings. The van der Waals surface area contributed by atoms with Gasteiger partial charge in [0.05, 0.1) is 6.07 Å². The van der Waals surface area contributed by atoms with Gasteiger partial charge in [-0.25, -0.2) is 4.98 Å². The van der Waals surface area contributed by atoms with E-state index in [0.717, 1.165) is 0 Å². The van der Waals surface area contributed by atoms with E-state index >= 15 is 0 Å². The summed E-state index contributed by atoms with van der Waals surface area (Å²) in [6.07, 6.45) is 2.94. The van der Waals surface area contributed by atoms with Crippen molar-refractivity contribution in [3.05, 3.63) is 34.0 Å². The number of rotatable bonds is 3. The van der Waals surface area contributed by atoms with Crippen molar-refractivity contribution < 1.29 is 4.92 Å². The molecular formula is C7H5N5O2S. The van der Waals surface area contributed by atoms with E-state index in [2.05, 4.69) is 20.3 Å². The molecule has 15 heavy (non-hydrogen) atoms. The van der Waals surface area contributed by atoms with Gasteiger partial charge in [-0.1, -0.05) is 0 Å². The number of aromatic nitrogens is 3. The molecule has 76 valence electrons. The summed E-state index contributed by atoms with van der Waals surface area (Å²) in [5.41, 5.74) is 0. The average Bonchev–Trinajstić information content (AvgIpc) is 2.71. The standard InChI is InChI=1S/C7H5N5O2S/c13-12(14)5-1-2-8-6(10-5)11-7-9-3-4-15-7/h1-4H,(H,8,9,10,11). The Kier molecular flexibility index (Phi) is 2.50. The summed E-state index contributed by atoms with van der Waals surface area (Å²) in [5.74, 6) is -0.0804. The maximum Gasteiger partial charge on any atom is 0.369 e. The van der Waals surface area contributed by atoms with E-state index in [1.165, 1.54) is 23.6 Å². The molecule has 0 spiro atoms. The number of nitro groups is 1. The molecule has 2 rings (SSSR count). The Labute approximate surface area is 88.0 Å². The molecule has 0 aliphatic carbocycles. The lowest BCUT2D eigenvalue weighted by molar-refractivity contribution is -0.389. The summed E-state index contributed by atoms with van der Waals surface area (Å²) in [5, 5.41) is 15.6. The minimum atomic E-state index is -0.575. The van der Waals surface area contributed by atoms with Gasteiger partial charge in [-0.05, 0) is 4.92 Å². The monoisotopic (exact) mass is 223 g/mol. The second-order valence-electron chi connectivity index (χ2n) is 2.46. The van der Waals surface area contributed by atoms with Gasteiger partial charge in [0, 0.05) is 22.8 Å². The molecule has 0 aliphatic rings. The second kappa shape index (κ2) is 3.96. The molecular weight excluding hydrogens is 218 g/mol. The molecule has 0 unspecified atom stereocenters. The van der Waals surface area contributed by atoms with Crippen LogP contribution in [0.3, 0.4) is 0 Å². The highest BCUT2D eigenvalue weighted by molar-refractivity contribution is 7.13. The molecule has 0 atom stereocenters. The predicted octanol–water partition coefficient (Wildman–Crippen LogP) is 1.58. The second-order valence-corrected chi connectivity index (χ2v) is 3.35. The van der Waals surface area contributed by atoms with Crippen LogP contribution in [-0.2, 0) is 0 Å². The molecule has 0 fully saturated rings. The zero-order valence-corrected chi connectivity index (χ0v) is 8.14.